The van der Waals surface area contributed by atoms with Crippen LogP contribution in [0.15, 0.2) is 5.16 Å². The van der Waals surface area contributed by atoms with Gasteiger partial charge in [0.15, 0.2) is 0 Å². The van der Waals surface area contributed by atoms with E-state index in [0.29, 0.717) is 24.3 Å². The van der Waals surface area contributed by atoms with Crippen LogP contribution in [0.3, 0.4) is 0 Å². The van der Waals surface area contributed by atoms with Crippen LogP contribution in [0.25, 0.3) is 0 Å². The maximum atomic E-state index is 9.20. The molecule has 2 rings (SSSR count). The van der Waals surface area contributed by atoms with Gasteiger partial charge in [-0.15, -0.1) is 0 Å². The highest BCUT2D eigenvalue weighted by Gasteiger charge is 2.47. The van der Waals surface area contributed by atoms with Crippen LogP contribution in [0.1, 0.15) is 39.0 Å². The molecule has 0 spiro atoms. The monoisotopic (exact) mass is 235 g/mol. The predicted molar refractivity (Wildman–Crippen MR) is 65.9 cm³/mol. The molecule has 4 nitrogen and oxygen atoms in total. The summed E-state index contributed by atoms with van der Waals surface area (Å²) in [6.45, 7) is 3.95. The van der Waals surface area contributed by atoms with Crippen molar-refractivity contribution in [2.75, 3.05) is 13.1 Å². The van der Waals surface area contributed by atoms with Gasteiger partial charge in [-0.05, 0) is 38.1 Å². The molecule has 0 unspecified atom stereocenters. The minimum Gasteiger partial charge on any atom is -0.411 e. The molecule has 4 heteroatoms. The van der Waals surface area contributed by atoms with Gasteiger partial charge in [0.2, 0.25) is 0 Å². The summed E-state index contributed by atoms with van der Waals surface area (Å²) in [5.74, 6) is 1.15. The first-order chi connectivity index (χ1) is 8.31. The molecular weight excluding hydrogens is 214 g/mol. The van der Waals surface area contributed by atoms with E-state index in [2.05, 4.69) is 23.0 Å². The average molecular weight is 235 g/mol. The topological polar surface area (TPSA) is 59.6 Å². The molecule has 1 N–H and O–H groups in total. The molecule has 94 valence electrons. The molecule has 2 aliphatic carbocycles. The molecule has 17 heavy (non-hydrogen) atoms. The molecule has 2 fully saturated rings. The molecule has 0 amide bonds. The molecule has 0 saturated heterocycles. The first-order valence-electron chi connectivity index (χ1n) is 6.64. The predicted octanol–water partition coefficient (Wildman–Crippen LogP) is 2.24. The lowest BCUT2D eigenvalue weighted by Crippen LogP contribution is -2.45. The maximum Gasteiger partial charge on any atom is 0.0775 e. The van der Waals surface area contributed by atoms with Crippen LogP contribution in [-0.2, 0) is 0 Å². The number of nitriles is 1. The van der Waals surface area contributed by atoms with Gasteiger partial charge in [-0.1, -0.05) is 12.1 Å². The zero-order chi connectivity index (χ0) is 12.3. The van der Waals surface area contributed by atoms with E-state index in [4.69, 9.17) is 5.26 Å². The van der Waals surface area contributed by atoms with Crippen molar-refractivity contribution < 1.29 is 5.21 Å². The Morgan fingerprint density at radius 2 is 2.29 bits per heavy atom. The van der Waals surface area contributed by atoms with E-state index in [9.17, 15) is 5.21 Å². The Kier molecular flexibility index (Phi) is 4.01. The van der Waals surface area contributed by atoms with E-state index >= 15 is 0 Å². The van der Waals surface area contributed by atoms with Crippen LogP contribution < -0.4 is 0 Å². The molecule has 0 aliphatic heterocycles. The van der Waals surface area contributed by atoms with Crippen molar-refractivity contribution in [1.29, 1.82) is 5.26 Å². The Labute approximate surface area is 103 Å². The Morgan fingerprint density at radius 3 is 2.94 bits per heavy atom. The van der Waals surface area contributed by atoms with Crippen LogP contribution in [0.4, 0.5) is 0 Å². The summed E-state index contributed by atoms with van der Waals surface area (Å²) in [6, 6.07) is 2.51. The van der Waals surface area contributed by atoms with Crippen molar-refractivity contribution in [2.24, 2.45) is 17.0 Å². The highest BCUT2D eigenvalue weighted by molar-refractivity contribution is 5.94. The minimum atomic E-state index is 0.298. The van der Waals surface area contributed by atoms with Gasteiger partial charge < -0.3 is 5.21 Å². The van der Waals surface area contributed by atoms with Gasteiger partial charge in [-0.2, -0.15) is 5.26 Å². The number of oxime groups is 1. The Balaban J connectivity index is 2.09. The van der Waals surface area contributed by atoms with Crippen LogP contribution >= 0.6 is 0 Å². The fraction of sp³-hybridized carbons (Fsp3) is 0.846. The number of hydrogen-bond donors (Lipinski definition) is 1. The summed E-state index contributed by atoms with van der Waals surface area (Å²) >= 11 is 0. The zero-order valence-electron chi connectivity index (χ0n) is 10.5. The van der Waals surface area contributed by atoms with E-state index < -0.39 is 0 Å². The number of nitrogens with zero attached hydrogens (tertiary/aromatic N) is 3. The zero-order valence-corrected chi connectivity index (χ0v) is 10.5. The first kappa shape index (κ1) is 12.4. The van der Waals surface area contributed by atoms with Gasteiger partial charge in [-0.3, -0.25) is 4.90 Å². The van der Waals surface area contributed by atoms with E-state index in [1.54, 1.807) is 0 Å². The standard InChI is InChI=1S/C13H21N3O/c1-2-7-16(8-3-6-14)13-11-5-4-10(9-11)12(13)15-17/h10-11,13,17H,2-5,7-9H2,1H3/b15-12+/t10-,11+,13+/m0/s1. The van der Waals surface area contributed by atoms with Crippen LogP contribution in [-0.4, -0.2) is 35.0 Å². The second-order valence-corrected chi connectivity index (χ2v) is 5.18. The van der Waals surface area contributed by atoms with Crippen molar-refractivity contribution in [3.8, 4) is 6.07 Å². The third kappa shape index (κ3) is 2.30. The summed E-state index contributed by atoms with van der Waals surface area (Å²) in [5.41, 5.74) is 0.979. The Morgan fingerprint density at radius 1 is 1.47 bits per heavy atom. The summed E-state index contributed by atoms with van der Waals surface area (Å²) in [7, 11) is 0. The van der Waals surface area contributed by atoms with E-state index in [1.165, 1.54) is 19.3 Å². The SMILES string of the molecule is CCCN(CCC#N)[C@H]1/C(=N/O)[C@H]2CC[C@@H]1C2. The lowest BCUT2D eigenvalue weighted by atomic mass is 9.91. The largest absolute Gasteiger partial charge is 0.411 e. The highest BCUT2D eigenvalue weighted by atomic mass is 16.4. The lowest BCUT2D eigenvalue weighted by molar-refractivity contribution is 0.195. The fourth-order valence-corrected chi connectivity index (χ4v) is 3.55. The molecule has 0 heterocycles. The molecule has 3 atom stereocenters. The van der Waals surface area contributed by atoms with Gasteiger partial charge in [0.1, 0.15) is 0 Å². The van der Waals surface area contributed by atoms with Crippen LogP contribution in [0.2, 0.25) is 0 Å². The minimum absolute atomic E-state index is 0.298. The smallest absolute Gasteiger partial charge is 0.0775 e. The van der Waals surface area contributed by atoms with Gasteiger partial charge in [0, 0.05) is 18.9 Å². The molecule has 0 radical (unpaired) electrons. The normalized spacial score (nSPS) is 33.5. The molecule has 0 aromatic carbocycles. The third-order valence-electron chi connectivity index (χ3n) is 4.17. The fourth-order valence-electron chi connectivity index (χ4n) is 3.55. The van der Waals surface area contributed by atoms with E-state index in [-0.39, 0.29) is 0 Å². The first-order valence-corrected chi connectivity index (χ1v) is 6.64. The number of rotatable bonds is 5. The number of hydrogen-bond acceptors (Lipinski definition) is 4. The van der Waals surface area contributed by atoms with Crippen LogP contribution in [0.5, 0.6) is 0 Å². The Bertz CT molecular complexity index is 334. The van der Waals surface area contributed by atoms with E-state index in [1.807, 2.05) is 0 Å². The molecule has 2 saturated carbocycles. The van der Waals surface area contributed by atoms with Crippen molar-refractivity contribution in [1.82, 2.24) is 4.90 Å². The van der Waals surface area contributed by atoms with Crippen molar-refractivity contribution in [3.05, 3.63) is 0 Å². The van der Waals surface area contributed by atoms with Gasteiger partial charge in [-0.25, -0.2) is 0 Å². The molecule has 0 aromatic heterocycles. The van der Waals surface area contributed by atoms with Crippen molar-refractivity contribution in [3.63, 3.8) is 0 Å². The molecular formula is C13H21N3O. The number of fused-ring (bicyclic) bond motifs is 2. The van der Waals surface area contributed by atoms with Crippen molar-refractivity contribution >= 4 is 5.71 Å². The van der Waals surface area contributed by atoms with E-state index in [0.717, 1.165) is 25.2 Å². The quantitative estimate of drug-likeness (QED) is 0.587. The van der Waals surface area contributed by atoms with Crippen molar-refractivity contribution in [2.45, 2.75) is 45.1 Å². The van der Waals surface area contributed by atoms with Gasteiger partial charge in [0.05, 0.1) is 17.8 Å². The van der Waals surface area contributed by atoms with Gasteiger partial charge in [0.25, 0.3) is 0 Å². The third-order valence-corrected chi connectivity index (χ3v) is 4.17. The summed E-state index contributed by atoms with van der Waals surface area (Å²) in [4.78, 5) is 2.35. The lowest BCUT2D eigenvalue weighted by Gasteiger charge is -2.34. The average Bonchev–Trinajstić information content (AvgIpc) is 2.94. The second-order valence-electron chi connectivity index (χ2n) is 5.18. The maximum absolute atomic E-state index is 9.20. The summed E-state index contributed by atoms with van der Waals surface area (Å²) in [5, 5.41) is 21.5. The summed E-state index contributed by atoms with van der Waals surface area (Å²) < 4.78 is 0. The molecule has 0 aromatic rings. The second kappa shape index (κ2) is 5.50. The van der Waals surface area contributed by atoms with Gasteiger partial charge >= 0.3 is 0 Å². The van der Waals surface area contributed by atoms with Crippen LogP contribution in [0, 0.1) is 23.2 Å². The summed E-state index contributed by atoms with van der Waals surface area (Å²) in [6.07, 6.45) is 5.25. The molecule has 2 bridgehead atoms. The molecule has 2 aliphatic rings. The Hall–Kier alpha value is -1.08. The highest BCUT2D eigenvalue weighted by Crippen LogP contribution is 2.45.